The summed E-state index contributed by atoms with van der Waals surface area (Å²) in [6.07, 6.45) is 1.88. The predicted molar refractivity (Wildman–Crippen MR) is 108 cm³/mol. The van der Waals surface area contributed by atoms with Crippen LogP contribution in [0, 0.1) is 13.8 Å². The Bertz CT molecular complexity index is 1130. The molecule has 0 unspecified atom stereocenters. The highest BCUT2D eigenvalue weighted by molar-refractivity contribution is 7.91. The molecule has 7 nitrogen and oxygen atoms in total. The number of sulfone groups is 1. The van der Waals surface area contributed by atoms with Gasteiger partial charge >= 0.3 is 5.97 Å². The summed E-state index contributed by atoms with van der Waals surface area (Å²) in [5, 5.41) is 4.15. The molecule has 3 rings (SSSR count). The molecule has 0 saturated heterocycles. The number of ketones is 1. The van der Waals surface area contributed by atoms with Gasteiger partial charge in [-0.2, -0.15) is 5.10 Å². The molecule has 2 aromatic rings. The molecule has 1 aromatic heterocycles. The van der Waals surface area contributed by atoms with Crippen LogP contribution >= 0.6 is 0 Å². The Labute approximate surface area is 171 Å². The summed E-state index contributed by atoms with van der Waals surface area (Å²) in [6, 6.07) is 1.62. The molecule has 156 valence electrons. The van der Waals surface area contributed by atoms with Crippen molar-refractivity contribution in [2.45, 2.75) is 64.8 Å². The molecular formula is C21H26N2O5S. The van der Waals surface area contributed by atoms with Crippen LogP contribution in [0.4, 0.5) is 0 Å². The second kappa shape index (κ2) is 7.09. The smallest absolute Gasteiger partial charge is 0.309 e. The minimum atomic E-state index is -3.39. The first-order valence-corrected chi connectivity index (χ1v) is 11.2. The standard InChI is InChI=1S/C21H26N2O5S/c1-7-23-20(28-14(4)24)16(11-22-23)18(25)15-10-12(2)19-17(13(15)3)21(5,6)8-9-29(19,26)27/h10-11H,7-9H2,1-6H3. The van der Waals surface area contributed by atoms with Crippen molar-refractivity contribution < 1.29 is 22.7 Å². The van der Waals surface area contributed by atoms with Gasteiger partial charge in [0.15, 0.2) is 15.6 Å². The molecule has 0 atom stereocenters. The van der Waals surface area contributed by atoms with Gasteiger partial charge in [0.1, 0.15) is 5.56 Å². The molecule has 0 fully saturated rings. The third kappa shape index (κ3) is 3.50. The number of fused-ring (bicyclic) bond motifs is 1. The van der Waals surface area contributed by atoms with E-state index in [-0.39, 0.29) is 28.4 Å². The Balaban J connectivity index is 2.25. The molecule has 0 spiro atoms. The quantitative estimate of drug-likeness (QED) is 0.559. The van der Waals surface area contributed by atoms with Gasteiger partial charge in [0.25, 0.3) is 0 Å². The molecule has 0 saturated carbocycles. The minimum Gasteiger partial charge on any atom is -0.407 e. The molecule has 1 aliphatic heterocycles. The maximum absolute atomic E-state index is 13.4. The monoisotopic (exact) mass is 418 g/mol. The fourth-order valence-electron chi connectivity index (χ4n) is 4.10. The summed E-state index contributed by atoms with van der Waals surface area (Å²) in [5.74, 6) is -0.685. The molecule has 29 heavy (non-hydrogen) atoms. The Morgan fingerprint density at radius 1 is 1.24 bits per heavy atom. The zero-order valence-electron chi connectivity index (χ0n) is 17.6. The maximum atomic E-state index is 13.4. The van der Waals surface area contributed by atoms with Crippen molar-refractivity contribution >= 4 is 21.6 Å². The third-order valence-electron chi connectivity index (χ3n) is 5.53. The summed E-state index contributed by atoms with van der Waals surface area (Å²) in [6.45, 7) is 11.0. The van der Waals surface area contributed by atoms with Crippen LogP contribution in [-0.2, 0) is 26.6 Å². The zero-order chi connectivity index (χ0) is 21.7. The van der Waals surface area contributed by atoms with E-state index in [1.165, 1.54) is 17.8 Å². The van der Waals surface area contributed by atoms with Crippen LogP contribution < -0.4 is 4.74 Å². The number of benzene rings is 1. The fraction of sp³-hybridized carbons (Fsp3) is 0.476. The normalized spacial score (nSPS) is 16.9. The van der Waals surface area contributed by atoms with Crippen molar-refractivity contribution in [3.63, 3.8) is 0 Å². The van der Waals surface area contributed by atoms with Crippen molar-refractivity contribution in [2.24, 2.45) is 0 Å². The summed E-state index contributed by atoms with van der Waals surface area (Å²) in [5.41, 5.74) is 2.10. The number of aryl methyl sites for hydroxylation is 2. The lowest BCUT2D eigenvalue weighted by molar-refractivity contribution is -0.132. The molecule has 0 aliphatic carbocycles. The molecule has 0 amide bonds. The lowest BCUT2D eigenvalue weighted by Crippen LogP contribution is -2.33. The van der Waals surface area contributed by atoms with Crippen molar-refractivity contribution in [3.8, 4) is 5.88 Å². The van der Waals surface area contributed by atoms with Gasteiger partial charge in [-0.3, -0.25) is 9.59 Å². The summed E-state index contributed by atoms with van der Waals surface area (Å²) in [7, 11) is -3.39. The molecule has 0 bridgehead atoms. The number of hydrogen-bond acceptors (Lipinski definition) is 6. The highest BCUT2D eigenvalue weighted by Gasteiger charge is 2.39. The first kappa shape index (κ1) is 21.2. The minimum absolute atomic E-state index is 0.0977. The van der Waals surface area contributed by atoms with E-state index >= 15 is 0 Å². The Hall–Kier alpha value is -2.48. The second-order valence-corrected chi connectivity index (χ2v) is 10.2. The number of nitrogens with zero attached hydrogens (tertiary/aromatic N) is 2. The first-order chi connectivity index (χ1) is 13.4. The van der Waals surface area contributed by atoms with Gasteiger partial charge in [0.2, 0.25) is 5.88 Å². The molecule has 2 heterocycles. The van der Waals surface area contributed by atoms with Gasteiger partial charge in [-0.25, -0.2) is 13.1 Å². The number of esters is 1. The van der Waals surface area contributed by atoms with Crippen molar-refractivity contribution in [1.29, 1.82) is 0 Å². The largest absolute Gasteiger partial charge is 0.407 e. The predicted octanol–water partition coefficient (Wildman–Crippen LogP) is 3.13. The van der Waals surface area contributed by atoms with E-state index in [4.69, 9.17) is 4.74 Å². The van der Waals surface area contributed by atoms with Gasteiger partial charge in [0.05, 0.1) is 16.8 Å². The molecule has 1 aromatic carbocycles. The average Bonchev–Trinajstić information content (AvgIpc) is 3.01. The first-order valence-electron chi connectivity index (χ1n) is 9.57. The van der Waals surface area contributed by atoms with Crippen LogP contribution in [0.1, 0.15) is 66.7 Å². The number of carbonyl (C=O) groups excluding carboxylic acids is 2. The Morgan fingerprint density at radius 2 is 1.90 bits per heavy atom. The number of carbonyl (C=O) groups is 2. The average molecular weight is 419 g/mol. The topological polar surface area (TPSA) is 95.3 Å². The van der Waals surface area contributed by atoms with Crippen LogP contribution in [0.5, 0.6) is 5.88 Å². The van der Waals surface area contributed by atoms with E-state index in [2.05, 4.69) is 5.10 Å². The lowest BCUT2D eigenvalue weighted by atomic mass is 9.77. The van der Waals surface area contributed by atoms with Crippen LogP contribution in [0.15, 0.2) is 17.2 Å². The molecular weight excluding hydrogens is 392 g/mol. The number of aromatic nitrogens is 2. The summed E-state index contributed by atoms with van der Waals surface area (Å²) < 4.78 is 32.2. The van der Waals surface area contributed by atoms with Gasteiger partial charge in [-0.1, -0.05) is 13.8 Å². The van der Waals surface area contributed by atoms with E-state index in [0.29, 0.717) is 40.1 Å². The molecule has 0 radical (unpaired) electrons. The maximum Gasteiger partial charge on any atom is 0.309 e. The number of ether oxygens (including phenoxy) is 1. The van der Waals surface area contributed by atoms with Gasteiger partial charge in [-0.05, 0) is 55.4 Å². The molecule has 8 heteroatoms. The van der Waals surface area contributed by atoms with Crippen LogP contribution in [0.2, 0.25) is 0 Å². The zero-order valence-corrected chi connectivity index (χ0v) is 18.4. The van der Waals surface area contributed by atoms with Crippen molar-refractivity contribution in [3.05, 3.63) is 40.1 Å². The van der Waals surface area contributed by atoms with Crippen LogP contribution in [-0.4, -0.2) is 35.7 Å². The highest BCUT2D eigenvalue weighted by atomic mass is 32.2. The highest BCUT2D eigenvalue weighted by Crippen LogP contribution is 2.43. The van der Waals surface area contributed by atoms with Gasteiger partial charge in [0, 0.05) is 19.0 Å². The van der Waals surface area contributed by atoms with Gasteiger partial charge < -0.3 is 4.74 Å². The SMILES string of the molecule is CCn1ncc(C(=O)c2cc(C)c3c(c2C)C(C)(C)CCS3(=O)=O)c1OC(C)=O. The molecule has 1 aliphatic rings. The van der Waals surface area contributed by atoms with E-state index in [0.717, 1.165) is 0 Å². The van der Waals surface area contributed by atoms with E-state index in [1.807, 2.05) is 20.8 Å². The van der Waals surface area contributed by atoms with E-state index in [1.54, 1.807) is 19.9 Å². The Morgan fingerprint density at radius 3 is 2.48 bits per heavy atom. The van der Waals surface area contributed by atoms with Crippen LogP contribution in [0.3, 0.4) is 0 Å². The Kier molecular flexibility index (Phi) is 5.19. The fourth-order valence-corrected chi connectivity index (χ4v) is 6.38. The summed E-state index contributed by atoms with van der Waals surface area (Å²) >= 11 is 0. The summed E-state index contributed by atoms with van der Waals surface area (Å²) in [4.78, 5) is 25.3. The van der Waals surface area contributed by atoms with E-state index < -0.39 is 15.8 Å². The van der Waals surface area contributed by atoms with Crippen molar-refractivity contribution in [1.82, 2.24) is 9.78 Å². The van der Waals surface area contributed by atoms with E-state index in [9.17, 15) is 18.0 Å². The third-order valence-corrected chi connectivity index (χ3v) is 7.42. The number of rotatable bonds is 4. The van der Waals surface area contributed by atoms with Gasteiger partial charge in [-0.15, -0.1) is 0 Å². The molecule has 0 N–H and O–H groups in total. The lowest BCUT2D eigenvalue weighted by Gasteiger charge is -2.35. The second-order valence-electron chi connectivity index (χ2n) is 8.12. The van der Waals surface area contributed by atoms with Crippen LogP contribution in [0.25, 0.3) is 0 Å². The number of hydrogen-bond donors (Lipinski definition) is 0. The van der Waals surface area contributed by atoms with Crippen molar-refractivity contribution in [2.75, 3.05) is 5.75 Å².